The second kappa shape index (κ2) is 11.0. The number of halogens is 1. The fourth-order valence-electron chi connectivity index (χ4n) is 5.30. The van der Waals surface area contributed by atoms with Crippen molar-refractivity contribution in [1.82, 2.24) is 25.6 Å². The molecular formula is C30H31FN6O4S. The number of benzene rings is 1. The van der Waals surface area contributed by atoms with Gasteiger partial charge in [0, 0.05) is 42.3 Å². The monoisotopic (exact) mass is 590 g/mol. The van der Waals surface area contributed by atoms with Crippen LogP contribution in [0.4, 0.5) is 10.2 Å². The zero-order valence-electron chi connectivity index (χ0n) is 23.1. The lowest BCUT2D eigenvalue weighted by Gasteiger charge is -2.35. The fraction of sp³-hybridized carbons (Fsp3) is 0.333. The van der Waals surface area contributed by atoms with Gasteiger partial charge in [0.05, 0.1) is 46.4 Å². The lowest BCUT2D eigenvalue weighted by molar-refractivity contribution is 0.0950. The molecule has 12 heteroatoms. The first-order chi connectivity index (χ1) is 20.2. The van der Waals surface area contributed by atoms with Crippen molar-refractivity contribution in [3.05, 3.63) is 77.4 Å². The second-order valence-electron chi connectivity index (χ2n) is 10.9. The van der Waals surface area contributed by atoms with Crippen LogP contribution in [0.3, 0.4) is 0 Å². The first kappa shape index (κ1) is 28.1. The van der Waals surface area contributed by atoms with Gasteiger partial charge in [-0.15, -0.1) is 0 Å². The van der Waals surface area contributed by atoms with Crippen LogP contribution in [-0.4, -0.2) is 71.9 Å². The molecule has 0 bridgehead atoms. The minimum absolute atomic E-state index is 0.0197. The molecule has 1 aliphatic carbocycles. The van der Waals surface area contributed by atoms with Crippen molar-refractivity contribution in [2.45, 2.75) is 36.7 Å². The van der Waals surface area contributed by atoms with Gasteiger partial charge in [0.1, 0.15) is 0 Å². The number of anilines is 1. The molecule has 1 saturated heterocycles. The van der Waals surface area contributed by atoms with E-state index in [9.17, 15) is 17.6 Å². The summed E-state index contributed by atoms with van der Waals surface area (Å²) in [6, 6.07) is 13.0. The number of piperazine rings is 1. The minimum Gasteiger partial charge on any atom is -0.395 e. The van der Waals surface area contributed by atoms with Crippen LogP contribution < -0.4 is 15.5 Å². The SMILES string of the molecule is Cc1ccc(C(=O)NCc2cc3nc(-c4ccc(F)c(N5CCNC6(CC6)C5)n4)ccc3cn2)cc1S(=O)(=O)CCO. The molecule has 1 saturated carbocycles. The standard InChI is InChI=1S/C30H31FN6O4S/c1-19-2-3-20(14-27(19)42(40,41)13-12-38)29(39)33-17-22-15-26-21(16-32-22)4-6-24(35-26)25-7-5-23(31)28(36-25)37-11-10-34-30(18-37)8-9-30/h2-7,14-16,34,38H,8-13,17-18H2,1H3,(H,33,39). The molecule has 2 fully saturated rings. The summed E-state index contributed by atoms with van der Waals surface area (Å²) in [7, 11) is -3.71. The van der Waals surface area contributed by atoms with E-state index in [4.69, 9.17) is 10.1 Å². The largest absolute Gasteiger partial charge is 0.395 e. The van der Waals surface area contributed by atoms with Crippen LogP contribution in [0, 0.1) is 12.7 Å². The highest BCUT2D eigenvalue weighted by molar-refractivity contribution is 7.91. The maximum atomic E-state index is 14.8. The number of carbonyl (C=O) groups excluding carboxylic acids is 1. The van der Waals surface area contributed by atoms with Crippen LogP contribution in [0.25, 0.3) is 22.3 Å². The van der Waals surface area contributed by atoms with Gasteiger partial charge in [0.2, 0.25) is 0 Å². The highest BCUT2D eigenvalue weighted by atomic mass is 32.2. The number of carbonyl (C=O) groups is 1. The predicted octanol–water partition coefficient (Wildman–Crippen LogP) is 2.78. The molecule has 2 aliphatic rings. The summed E-state index contributed by atoms with van der Waals surface area (Å²) < 4.78 is 39.8. The molecule has 6 rings (SSSR count). The van der Waals surface area contributed by atoms with Crippen molar-refractivity contribution in [1.29, 1.82) is 0 Å². The number of aromatic nitrogens is 3. The summed E-state index contributed by atoms with van der Waals surface area (Å²) in [5.74, 6) is -0.891. The number of sulfone groups is 1. The Morgan fingerprint density at radius 3 is 2.69 bits per heavy atom. The average Bonchev–Trinajstić information content (AvgIpc) is 3.73. The van der Waals surface area contributed by atoms with Crippen molar-refractivity contribution in [3.8, 4) is 11.4 Å². The number of pyridine rings is 3. The third kappa shape index (κ3) is 5.69. The summed E-state index contributed by atoms with van der Waals surface area (Å²) in [4.78, 5) is 28.7. The Morgan fingerprint density at radius 2 is 1.90 bits per heavy atom. The molecule has 0 atom stereocenters. The van der Waals surface area contributed by atoms with Crippen LogP contribution in [0.15, 0.2) is 59.6 Å². The van der Waals surface area contributed by atoms with Gasteiger partial charge in [-0.05, 0) is 67.8 Å². The molecule has 42 heavy (non-hydrogen) atoms. The van der Waals surface area contributed by atoms with E-state index < -0.39 is 28.1 Å². The Labute approximate surface area is 242 Å². The van der Waals surface area contributed by atoms with Gasteiger partial charge >= 0.3 is 0 Å². The number of aryl methyl sites for hydroxylation is 1. The molecule has 4 aromatic rings. The van der Waals surface area contributed by atoms with Crippen LogP contribution in [-0.2, 0) is 16.4 Å². The number of hydrogen-bond donors (Lipinski definition) is 3. The Hall–Kier alpha value is -4.00. The van der Waals surface area contributed by atoms with Crippen molar-refractivity contribution < 1.29 is 22.7 Å². The molecule has 3 aromatic heterocycles. The minimum atomic E-state index is -3.71. The molecule has 218 valence electrons. The van der Waals surface area contributed by atoms with Gasteiger partial charge in [0.25, 0.3) is 5.91 Å². The van der Waals surface area contributed by atoms with E-state index in [0.29, 0.717) is 40.5 Å². The third-order valence-electron chi connectivity index (χ3n) is 7.82. The first-order valence-corrected chi connectivity index (χ1v) is 15.5. The maximum absolute atomic E-state index is 14.8. The van der Waals surface area contributed by atoms with Crippen molar-refractivity contribution in [2.24, 2.45) is 0 Å². The molecule has 10 nitrogen and oxygen atoms in total. The number of rotatable bonds is 8. The molecule has 1 aliphatic heterocycles. The van der Waals surface area contributed by atoms with Crippen molar-refractivity contribution in [3.63, 3.8) is 0 Å². The lowest BCUT2D eigenvalue weighted by atomic mass is 10.1. The molecule has 1 spiro atoms. The van der Waals surface area contributed by atoms with E-state index in [1.165, 1.54) is 12.1 Å². The number of aliphatic hydroxyl groups is 1. The van der Waals surface area contributed by atoms with Gasteiger partial charge in [-0.25, -0.2) is 22.8 Å². The third-order valence-corrected chi connectivity index (χ3v) is 9.65. The number of amides is 1. The second-order valence-corrected chi connectivity index (χ2v) is 13.0. The summed E-state index contributed by atoms with van der Waals surface area (Å²) in [6.45, 7) is 3.44. The smallest absolute Gasteiger partial charge is 0.251 e. The Balaban J connectivity index is 1.20. The topological polar surface area (TPSA) is 137 Å². The number of fused-ring (bicyclic) bond motifs is 1. The van der Waals surface area contributed by atoms with Crippen LogP contribution in [0.1, 0.15) is 34.5 Å². The Kier molecular flexibility index (Phi) is 7.37. The summed E-state index contributed by atoms with van der Waals surface area (Å²) in [5.41, 5.74) is 3.14. The summed E-state index contributed by atoms with van der Waals surface area (Å²) in [5, 5.41) is 16.2. The summed E-state index contributed by atoms with van der Waals surface area (Å²) >= 11 is 0. The van der Waals surface area contributed by atoms with E-state index >= 15 is 0 Å². The van der Waals surface area contributed by atoms with Gasteiger partial charge in [-0.3, -0.25) is 9.78 Å². The van der Waals surface area contributed by atoms with Gasteiger partial charge in [0.15, 0.2) is 21.5 Å². The van der Waals surface area contributed by atoms with Gasteiger partial charge in [-0.2, -0.15) is 0 Å². The Morgan fingerprint density at radius 1 is 1.12 bits per heavy atom. The lowest BCUT2D eigenvalue weighted by Crippen LogP contribution is -2.53. The molecule has 0 radical (unpaired) electrons. The van der Waals surface area contributed by atoms with E-state index in [0.717, 1.165) is 31.3 Å². The zero-order valence-corrected chi connectivity index (χ0v) is 23.9. The van der Waals surface area contributed by atoms with E-state index in [2.05, 4.69) is 20.6 Å². The van der Waals surface area contributed by atoms with Crippen LogP contribution >= 0.6 is 0 Å². The van der Waals surface area contributed by atoms with E-state index in [-0.39, 0.29) is 28.4 Å². The molecular weight excluding hydrogens is 559 g/mol. The number of nitrogens with zero attached hydrogens (tertiary/aromatic N) is 4. The van der Waals surface area contributed by atoms with Crippen LogP contribution in [0.5, 0.6) is 0 Å². The first-order valence-electron chi connectivity index (χ1n) is 13.8. The van der Waals surface area contributed by atoms with Gasteiger partial charge in [-0.1, -0.05) is 6.07 Å². The molecule has 4 heterocycles. The quantitative estimate of drug-likeness (QED) is 0.283. The normalized spacial score (nSPS) is 16.1. The van der Waals surface area contributed by atoms with E-state index in [1.807, 2.05) is 17.0 Å². The maximum Gasteiger partial charge on any atom is 0.251 e. The van der Waals surface area contributed by atoms with Crippen LogP contribution in [0.2, 0.25) is 0 Å². The number of aliphatic hydroxyl groups excluding tert-OH is 1. The van der Waals surface area contributed by atoms with Gasteiger partial charge < -0.3 is 20.6 Å². The molecule has 3 N–H and O–H groups in total. The molecule has 1 aromatic carbocycles. The highest BCUT2D eigenvalue weighted by Crippen LogP contribution is 2.39. The van der Waals surface area contributed by atoms with E-state index in [1.54, 1.807) is 37.4 Å². The fourth-order valence-corrected chi connectivity index (χ4v) is 6.62. The average molecular weight is 591 g/mol. The Bertz CT molecular complexity index is 1790. The highest BCUT2D eigenvalue weighted by Gasteiger charge is 2.46. The summed E-state index contributed by atoms with van der Waals surface area (Å²) in [6.07, 6.45) is 3.84. The van der Waals surface area contributed by atoms with Crippen molar-refractivity contribution >= 4 is 32.5 Å². The predicted molar refractivity (Wildman–Crippen MR) is 156 cm³/mol. The van der Waals surface area contributed by atoms with Crippen molar-refractivity contribution in [2.75, 3.05) is 36.9 Å². The molecule has 1 amide bonds. The number of hydrogen-bond acceptors (Lipinski definition) is 9. The molecule has 0 unspecified atom stereocenters. The zero-order chi connectivity index (χ0) is 29.5. The number of nitrogens with one attached hydrogen (secondary N) is 2.